The summed E-state index contributed by atoms with van der Waals surface area (Å²) in [5.74, 6) is 2.69. The highest BCUT2D eigenvalue weighted by atomic mass is 16.5. The lowest BCUT2D eigenvalue weighted by atomic mass is 9.47. The van der Waals surface area contributed by atoms with E-state index >= 15 is 0 Å². The van der Waals surface area contributed by atoms with Gasteiger partial charge in [0.1, 0.15) is 6.10 Å². The van der Waals surface area contributed by atoms with Gasteiger partial charge in [-0.1, -0.05) is 50.2 Å². The molecule has 2 aliphatic heterocycles. The Morgan fingerprint density at radius 3 is 2.73 bits per heavy atom. The Kier molecular flexibility index (Phi) is 4.06. The van der Waals surface area contributed by atoms with E-state index in [2.05, 4.69) is 61.2 Å². The molecule has 1 unspecified atom stereocenters. The lowest BCUT2D eigenvalue weighted by molar-refractivity contribution is -0.102. The number of benzene rings is 2. The van der Waals surface area contributed by atoms with Gasteiger partial charge >= 0.3 is 0 Å². The summed E-state index contributed by atoms with van der Waals surface area (Å²) in [6.45, 7) is 7.19. The van der Waals surface area contributed by atoms with Crippen LogP contribution in [0.15, 0.2) is 42.5 Å². The number of piperidine rings is 1. The zero-order valence-electron chi connectivity index (χ0n) is 18.5. The van der Waals surface area contributed by atoms with Gasteiger partial charge in [-0.3, -0.25) is 4.90 Å². The molecule has 4 atom stereocenters. The van der Waals surface area contributed by atoms with E-state index in [4.69, 9.17) is 9.47 Å². The molecule has 2 aromatic rings. The second-order valence-electron chi connectivity index (χ2n) is 10.6. The van der Waals surface area contributed by atoms with Crippen molar-refractivity contribution in [2.45, 2.75) is 63.5 Å². The predicted molar refractivity (Wildman–Crippen MR) is 119 cm³/mol. The molecule has 30 heavy (non-hydrogen) atoms. The molecule has 0 aromatic heterocycles. The lowest BCUT2D eigenvalue weighted by Crippen LogP contribution is -2.67. The second kappa shape index (κ2) is 6.50. The minimum Gasteiger partial charge on any atom is -0.493 e. The molecule has 2 fully saturated rings. The molecule has 0 amide bonds. The summed E-state index contributed by atoms with van der Waals surface area (Å²) in [7, 11) is 1.78. The minimum absolute atomic E-state index is 0.174. The molecule has 0 radical (unpaired) electrons. The fourth-order valence-corrected chi connectivity index (χ4v) is 7.49. The molecule has 6 rings (SSSR count). The summed E-state index contributed by atoms with van der Waals surface area (Å²) in [6, 6.07) is 16.1. The molecule has 158 valence electrons. The van der Waals surface area contributed by atoms with E-state index in [9.17, 15) is 0 Å². The minimum atomic E-state index is 0.174. The summed E-state index contributed by atoms with van der Waals surface area (Å²) in [5, 5.41) is 0. The highest BCUT2D eigenvalue weighted by Gasteiger charge is 2.67. The molecule has 1 saturated carbocycles. The molecular formula is C27H33NO2. The number of rotatable bonds is 4. The van der Waals surface area contributed by atoms with Crippen LogP contribution in [0.25, 0.3) is 0 Å². The molecule has 1 saturated heterocycles. The first-order chi connectivity index (χ1) is 14.5. The van der Waals surface area contributed by atoms with Crippen molar-refractivity contribution in [1.29, 1.82) is 0 Å². The first-order valence-corrected chi connectivity index (χ1v) is 11.7. The third-order valence-corrected chi connectivity index (χ3v) is 8.77. The molecule has 4 aliphatic rings. The first-order valence-electron chi connectivity index (χ1n) is 11.7. The third kappa shape index (κ3) is 2.42. The molecule has 3 heteroatoms. The van der Waals surface area contributed by atoms with Crippen LogP contribution in [-0.2, 0) is 18.3 Å². The number of methoxy groups -OCH3 is 1. The van der Waals surface area contributed by atoms with Crippen LogP contribution >= 0.6 is 0 Å². The van der Waals surface area contributed by atoms with Crippen molar-refractivity contribution in [3.63, 3.8) is 0 Å². The number of likely N-dealkylation sites (tertiary alicyclic amines) is 1. The largest absolute Gasteiger partial charge is 0.493 e. The van der Waals surface area contributed by atoms with Crippen molar-refractivity contribution in [2.24, 2.45) is 11.3 Å². The van der Waals surface area contributed by atoms with Crippen LogP contribution in [0.4, 0.5) is 0 Å². The summed E-state index contributed by atoms with van der Waals surface area (Å²) in [4.78, 5) is 2.81. The Morgan fingerprint density at radius 2 is 1.93 bits per heavy atom. The van der Waals surface area contributed by atoms with E-state index in [1.165, 1.54) is 42.5 Å². The number of nitrogens with zero attached hydrogens (tertiary/aromatic N) is 1. The second-order valence-corrected chi connectivity index (χ2v) is 10.6. The maximum atomic E-state index is 6.84. The van der Waals surface area contributed by atoms with E-state index in [0.29, 0.717) is 12.0 Å². The molecular weight excluding hydrogens is 370 g/mol. The highest BCUT2D eigenvalue weighted by molar-refractivity contribution is 5.61. The van der Waals surface area contributed by atoms with E-state index in [1.807, 2.05) is 0 Å². The van der Waals surface area contributed by atoms with Gasteiger partial charge in [0.2, 0.25) is 0 Å². The monoisotopic (exact) mass is 403 g/mol. The van der Waals surface area contributed by atoms with Crippen molar-refractivity contribution >= 4 is 0 Å². The number of ether oxygens (including phenoxy) is 2. The van der Waals surface area contributed by atoms with Crippen LogP contribution in [0.1, 0.15) is 49.8 Å². The normalized spacial score (nSPS) is 33.0. The van der Waals surface area contributed by atoms with Crippen molar-refractivity contribution < 1.29 is 9.47 Å². The van der Waals surface area contributed by atoms with Crippen LogP contribution in [-0.4, -0.2) is 37.2 Å². The zero-order chi connectivity index (χ0) is 20.5. The fraction of sp³-hybridized carbons (Fsp3) is 0.556. The van der Waals surface area contributed by atoms with Gasteiger partial charge in [-0.25, -0.2) is 0 Å². The quantitative estimate of drug-likeness (QED) is 0.717. The maximum absolute atomic E-state index is 6.84. The van der Waals surface area contributed by atoms with Gasteiger partial charge < -0.3 is 9.47 Å². The maximum Gasteiger partial charge on any atom is 0.165 e. The van der Waals surface area contributed by atoms with Crippen molar-refractivity contribution in [1.82, 2.24) is 4.90 Å². The Morgan fingerprint density at radius 1 is 1.10 bits per heavy atom. The van der Waals surface area contributed by atoms with Gasteiger partial charge in [0.05, 0.1) is 7.11 Å². The average Bonchev–Trinajstić information content (AvgIpc) is 3.11. The van der Waals surface area contributed by atoms with Crippen molar-refractivity contribution in [3.05, 3.63) is 59.2 Å². The Hall–Kier alpha value is -2.00. The molecule has 2 aliphatic carbocycles. The van der Waals surface area contributed by atoms with Gasteiger partial charge in [-0.15, -0.1) is 0 Å². The van der Waals surface area contributed by atoms with Gasteiger partial charge in [0.15, 0.2) is 11.5 Å². The zero-order valence-corrected chi connectivity index (χ0v) is 18.5. The summed E-state index contributed by atoms with van der Waals surface area (Å²) >= 11 is 0. The smallest absolute Gasteiger partial charge is 0.165 e. The summed E-state index contributed by atoms with van der Waals surface area (Å²) in [5.41, 5.74) is 4.85. The van der Waals surface area contributed by atoms with E-state index < -0.39 is 0 Å². The topological polar surface area (TPSA) is 21.7 Å². The molecule has 0 N–H and O–H groups in total. The number of hydrogen-bond acceptors (Lipinski definition) is 3. The molecule has 2 bridgehead atoms. The molecule has 2 aromatic carbocycles. The predicted octanol–water partition coefficient (Wildman–Crippen LogP) is 5.00. The standard InChI is InChI=1S/C27H33NO2/c1-26(2)13-11-20-21-17-19-9-10-22(29-3)24-23(19)27(20,25(26)30-24)14-16-28(21)15-12-18-7-5-4-6-8-18/h4-10,20-21,25H,11-17H2,1-3H3/t20?,21-,25+,27+/m0/s1. The SMILES string of the molecule is COc1ccc2c3c1O[C@@H]1C(C)(C)CCC4[C@H](C2)N(CCc2ccccc2)CC[C@]341. The first kappa shape index (κ1) is 18.7. The summed E-state index contributed by atoms with van der Waals surface area (Å²) < 4.78 is 12.6. The van der Waals surface area contributed by atoms with E-state index in [0.717, 1.165) is 30.9 Å². The van der Waals surface area contributed by atoms with Crippen LogP contribution < -0.4 is 9.47 Å². The van der Waals surface area contributed by atoms with E-state index in [1.54, 1.807) is 7.11 Å². The van der Waals surface area contributed by atoms with Crippen molar-refractivity contribution in [2.75, 3.05) is 20.2 Å². The van der Waals surface area contributed by atoms with Crippen LogP contribution in [0.2, 0.25) is 0 Å². The van der Waals surface area contributed by atoms with Gasteiger partial charge in [-0.2, -0.15) is 0 Å². The van der Waals surface area contributed by atoms with Crippen LogP contribution in [0, 0.1) is 11.3 Å². The van der Waals surface area contributed by atoms with Gasteiger partial charge in [-0.05, 0) is 61.8 Å². The Bertz CT molecular complexity index is 968. The van der Waals surface area contributed by atoms with Crippen LogP contribution in [0.3, 0.4) is 0 Å². The van der Waals surface area contributed by atoms with Gasteiger partial charge in [0, 0.05) is 29.0 Å². The molecule has 2 heterocycles. The van der Waals surface area contributed by atoms with E-state index in [-0.39, 0.29) is 16.9 Å². The third-order valence-electron chi connectivity index (χ3n) is 8.77. The Balaban J connectivity index is 1.40. The van der Waals surface area contributed by atoms with Crippen molar-refractivity contribution in [3.8, 4) is 11.5 Å². The fourth-order valence-electron chi connectivity index (χ4n) is 7.49. The number of hydrogen-bond donors (Lipinski definition) is 0. The highest BCUT2D eigenvalue weighted by Crippen LogP contribution is 2.67. The Labute approximate surface area is 180 Å². The molecule has 3 nitrogen and oxygen atoms in total. The summed E-state index contributed by atoms with van der Waals surface area (Å²) in [6.07, 6.45) is 6.35. The molecule has 1 spiro atoms. The van der Waals surface area contributed by atoms with Gasteiger partial charge in [0.25, 0.3) is 0 Å². The lowest BCUT2D eigenvalue weighted by Gasteiger charge is -2.61. The van der Waals surface area contributed by atoms with Crippen LogP contribution in [0.5, 0.6) is 11.5 Å². The average molecular weight is 404 g/mol.